The molecule has 2 aromatic rings. The number of carbonyl (C=O) groups is 2. The highest BCUT2D eigenvalue weighted by Crippen LogP contribution is 2.25. The van der Waals surface area contributed by atoms with Gasteiger partial charge in [-0.05, 0) is 35.7 Å². The summed E-state index contributed by atoms with van der Waals surface area (Å²) < 4.78 is 5.02. The highest BCUT2D eigenvalue weighted by atomic mass is 35.5. The Morgan fingerprint density at radius 3 is 2.29 bits per heavy atom. The van der Waals surface area contributed by atoms with Crippen molar-refractivity contribution in [3.05, 3.63) is 70.2 Å². The molecular formula is C22H25ClN2O3. The third-order valence-corrected chi connectivity index (χ3v) is 5.50. The second-order valence-electron chi connectivity index (χ2n) is 7.00. The smallest absolute Gasteiger partial charge is 0.327 e. The van der Waals surface area contributed by atoms with Gasteiger partial charge in [0.15, 0.2) is 0 Å². The van der Waals surface area contributed by atoms with E-state index in [1.54, 1.807) is 12.1 Å². The number of carbonyl (C=O) groups excluding carboxylic acids is 2. The van der Waals surface area contributed by atoms with Gasteiger partial charge in [0, 0.05) is 31.2 Å². The van der Waals surface area contributed by atoms with Crippen molar-refractivity contribution in [3.63, 3.8) is 0 Å². The first-order valence-corrected chi connectivity index (χ1v) is 9.77. The molecule has 0 N–H and O–H groups in total. The second kappa shape index (κ2) is 9.22. The molecule has 1 amide bonds. The average Bonchev–Trinajstić information content (AvgIpc) is 2.71. The van der Waals surface area contributed by atoms with E-state index in [0.717, 1.165) is 16.7 Å². The maximum atomic E-state index is 12.7. The molecule has 0 spiro atoms. The third kappa shape index (κ3) is 4.72. The quantitative estimate of drug-likeness (QED) is 0.723. The molecule has 0 saturated carbocycles. The molecule has 1 aliphatic heterocycles. The first-order valence-electron chi connectivity index (χ1n) is 9.39. The standard InChI is InChI=1S/C22H25ClN2O3/c1-16-5-3-4-6-18(16)15-20(26)24-11-13-25(14-12-24)21(22(27)28-2)17-7-9-19(23)10-8-17/h3-10,21H,11-15H2,1-2H3. The Morgan fingerprint density at radius 1 is 1.04 bits per heavy atom. The lowest BCUT2D eigenvalue weighted by molar-refractivity contribution is -0.148. The Bertz CT molecular complexity index is 830. The van der Waals surface area contributed by atoms with E-state index in [2.05, 4.69) is 4.90 Å². The van der Waals surface area contributed by atoms with E-state index in [1.807, 2.05) is 48.2 Å². The average molecular weight is 401 g/mol. The SMILES string of the molecule is COC(=O)C(c1ccc(Cl)cc1)N1CCN(C(=O)Cc2ccccc2C)CC1. The lowest BCUT2D eigenvalue weighted by Gasteiger charge is -2.38. The van der Waals surface area contributed by atoms with Crippen LogP contribution in [0.4, 0.5) is 0 Å². The van der Waals surface area contributed by atoms with Crippen LogP contribution in [0, 0.1) is 6.92 Å². The van der Waals surface area contributed by atoms with Gasteiger partial charge in [-0.15, -0.1) is 0 Å². The van der Waals surface area contributed by atoms with Crippen molar-refractivity contribution in [2.24, 2.45) is 0 Å². The zero-order valence-corrected chi connectivity index (χ0v) is 17.0. The number of aryl methyl sites for hydroxylation is 1. The maximum Gasteiger partial charge on any atom is 0.327 e. The lowest BCUT2D eigenvalue weighted by atomic mass is 10.0. The van der Waals surface area contributed by atoms with Gasteiger partial charge >= 0.3 is 5.97 Å². The number of amides is 1. The van der Waals surface area contributed by atoms with Crippen LogP contribution in [0.1, 0.15) is 22.7 Å². The fourth-order valence-corrected chi connectivity index (χ4v) is 3.69. The fourth-order valence-electron chi connectivity index (χ4n) is 3.57. The first kappa shape index (κ1) is 20.4. The van der Waals surface area contributed by atoms with Crippen LogP contribution in [0.25, 0.3) is 0 Å². The normalized spacial score (nSPS) is 15.9. The van der Waals surface area contributed by atoms with Gasteiger partial charge in [0.1, 0.15) is 6.04 Å². The zero-order chi connectivity index (χ0) is 20.1. The van der Waals surface area contributed by atoms with E-state index in [4.69, 9.17) is 16.3 Å². The molecule has 1 aliphatic rings. The van der Waals surface area contributed by atoms with Crippen molar-refractivity contribution < 1.29 is 14.3 Å². The van der Waals surface area contributed by atoms with E-state index < -0.39 is 6.04 Å². The van der Waals surface area contributed by atoms with Crippen LogP contribution in [-0.2, 0) is 20.7 Å². The van der Waals surface area contributed by atoms with Gasteiger partial charge in [0.25, 0.3) is 0 Å². The summed E-state index contributed by atoms with van der Waals surface area (Å²) in [5.41, 5.74) is 3.03. The minimum Gasteiger partial charge on any atom is -0.468 e. The summed E-state index contributed by atoms with van der Waals surface area (Å²) in [5, 5.41) is 0.624. The first-order chi connectivity index (χ1) is 13.5. The van der Waals surface area contributed by atoms with Gasteiger partial charge in [-0.25, -0.2) is 4.79 Å². The number of halogens is 1. The lowest BCUT2D eigenvalue weighted by Crippen LogP contribution is -2.51. The molecular weight excluding hydrogens is 376 g/mol. The number of esters is 1. The molecule has 28 heavy (non-hydrogen) atoms. The molecule has 1 fully saturated rings. The Balaban J connectivity index is 1.65. The molecule has 1 saturated heterocycles. The van der Waals surface area contributed by atoms with Gasteiger partial charge in [-0.1, -0.05) is 48.0 Å². The number of benzene rings is 2. The van der Waals surface area contributed by atoms with Gasteiger partial charge in [0.2, 0.25) is 5.91 Å². The van der Waals surface area contributed by atoms with Crippen LogP contribution in [-0.4, -0.2) is 55.0 Å². The highest BCUT2D eigenvalue weighted by molar-refractivity contribution is 6.30. The molecule has 1 unspecified atom stereocenters. The molecule has 148 valence electrons. The van der Waals surface area contributed by atoms with E-state index in [0.29, 0.717) is 37.6 Å². The summed E-state index contributed by atoms with van der Waals surface area (Å²) in [6.07, 6.45) is 0.407. The Kier molecular flexibility index (Phi) is 6.70. The molecule has 0 radical (unpaired) electrons. The van der Waals surface area contributed by atoms with E-state index in [1.165, 1.54) is 7.11 Å². The highest BCUT2D eigenvalue weighted by Gasteiger charge is 2.32. The number of hydrogen-bond donors (Lipinski definition) is 0. The molecule has 2 aromatic carbocycles. The Hall–Kier alpha value is -2.37. The van der Waals surface area contributed by atoms with Crippen molar-refractivity contribution in [1.29, 1.82) is 0 Å². The van der Waals surface area contributed by atoms with Crippen LogP contribution in [0.15, 0.2) is 48.5 Å². The summed E-state index contributed by atoms with van der Waals surface area (Å²) in [7, 11) is 1.40. The minimum atomic E-state index is -0.490. The number of rotatable bonds is 5. The van der Waals surface area contributed by atoms with Crippen molar-refractivity contribution in [3.8, 4) is 0 Å². The van der Waals surface area contributed by atoms with Crippen LogP contribution in [0.5, 0.6) is 0 Å². The molecule has 0 bridgehead atoms. The molecule has 6 heteroatoms. The Labute approximate surface area is 170 Å². The van der Waals surface area contributed by atoms with Gasteiger partial charge < -0.3 is 9.64 Å². The van der Waals surface area contributed by atoms with Gasteiger partial charge in [-0.3, -0.25) is 9.69 Å². The number of methoxy groups -OCH3 is 1. The summed E-state index contributed by atoms with van der Waals surface area (Å²) in [5.74, 6) is -0.183. The van der Waals surface area contributed by atoms with E-state index in [9.17, 15) is 9.59 Å². The molecule has 5 nitrogen and oxygen atoms in total. The van der Waals surface area contributed by atoms with Crippen LogP contribution in [0.2, 0.25) is 5.02 Å². The summed E-state index contributed by atoms with van der Waals surface area (Å²) in [4.78, 5) is 29.0. The number of nitrogens with zero attached hydrogens (tertiary/aromatic N) is 2. The summed E-state index contributed by atoms with van der Waals surface area (Å²) in [6.45, 7) is 4.43. The summed E-state index contributed by atoms with van der Waals surface area (Å²) >= 11 is 5.97. The largest absolute Gasteiger partial charge is 0.468 e. The minimum absolute atomic E-state index is 0.120. The van der Waals surface area contributed by atoms with Crippen molar-refractivity contribution in [1.82, 2.24) is 9.80 Å². The number of hydrogen-bond acceptors (Lipinski definition) is 4. The summed E-state index contributed by atoms with van der Waals surface area (Å²) in [6, 6.07) is 14.7. The molecule has 0 aromatic heterocycles. The van der Waals surface area contributed by atoms with Crippen molar-refractivity contribution in [2.75, 3.05) is 33.3 Å². The Morgan fingerprint density at radius 2 is 1.68 bits per heavy atom. The number of piperazine rings is 1. The molecule has 1 heterocycles. The monoisotopic (exact) mass is 400 g/mol. The van der Waals surface area contributed by atoms with Crippen LogP contribution in [0.3, 0.4) is 0 Å². The van der Waals surface area contributed by atoms with Crippen molar-refractivity contribution >= 4 is 23.5 Å². The van der Waals surface area contributed by atoms with Gasteiger partial charge in [-0.2, -0.15) is 0 Å². The second-order valence-corrected chi connectivity index (χ2v) is 7.43. The van der Waals surface area contributed by atoms with E-state index >= 15 is 0 Å². The topological polar surface area (TPSA) is 49.9 Å². The van der Waals surface area contributed by atoms with Crippen LogP contribution < -0.4 is 0 Å². The van der Waals surface area contributed by atoms with E-state index in [-0.39, 0.29) is 11.9 Å². The van der Waals surface area contributed by atoms with Crippen LogP contribution >= 0.6 is 11.6 Å². The molecule has 0 aliphatic carbocycles. The fraction of sp³-hybridized carbons (Fsp3) is 0.364. The predicted molar refractivity (Wildman–Crippen MR) is 109 cm³/mol. The molecule has 1 atom stereocenters. The maximum absolute atomic E-state index is 12.7. The zero-order valence-electron chi connectivity index (χ0n) is 16.2. The van der Waals surface area contributed by atoms with Crippen molar-refractivity contribution in [2.45, 2.75) is 19.4 Å². The number of ether oxygens (including phenoxy) is 1. The third-order valence-electron chi connectivity index (χ3n) is 5.25. The predicted octanol–water partition coefficient (Wildman–Crippen LogP) is 3.25. The van der Waals surface area contributed by atoms with Gasteiger partial charge in [0.05, 0.1) is 13.5 Å². The molecule has 3 rings (SSSR count).